The number of hydrogen-bond acceptors (Lipinski definition) is 10. The van der Waals surface area contributed by atoms with Crippen molar-refractivity contribution >= 4 is 17.9 Å². The van der Waals surface area contributed by atoms with Crippen LogP contribution in [0.3, 0.4) is 0 Å². The zero-order valence-corrected chi connectivity index (χ0v) is 35.9. The quantitative estimate of drug-likeness (QED) is 0.157. The van der Waals surface area contributed by atoms with Gasteiger partial charge in [-0.2, -0.15) is 0 Å². The van der Waals surface area contributed by atoms with Crippen LogP contribution in [0.5, 0.6) is 0 Å². The van der Waals surface area contributed by atoms with Crippen molar-refractivity contribution in [2.24, 2.45) is 64.1 Å². The number of rotatable bonds is 9. The maximum absolute atomic E-state index is 12.5. The fourth-order valence-electron chi connectivity index (χ4n) is 13.3. The van der Waals surface area contributed by atoms with Crippen LogP contribution in [0.15, 0.2) is 0 Å². The Hall–Kier alpha value is -1.75. The third-order valence-electron chi connectivity index (χ3n) is 17.1. The highest BCUT2D eigenvalue weighted by molar-refractivity contribution is 5.77. The summed E-state index contributed by atoms with van der Waals surface area (Å²) in [6, 6.07) is 0. The van der Waals surface area contributed by atoms with E-state index in [0.29, 0.717) is 42.9 Å². The van der Waals surface area contributed by atoms with Gasteiger partial charge in [0.25, 0.3) is 0 Å². The minimum atomic E-state index is -0.842. The van der Waals surface area contributed by atoms with E-state index in [4.69, 9.17) is 18.9 Å². The number of aliphatic hydroxyl groups is 3. The van der Waals surface area contributed by atoms with Gasteiger partial charge in [0.1, 0.15) is 23.4 Å². The van der Waals surface area contributed by atoms with Crippen LogP contribution >= 0.6 is 0 Å². The topological polar surface area (TPSA) is 149 Å². The Kier molecular flexibility index (Phi) is 11.2. The predicted molar refractivity (Wildman–Crippen MR) is 210 cm³/mol. The van der Waals surface area contributed by atoms with Crippen molar-refractivity contribution < 1.29 is 48.7 Å². The van der Waals surface area contributed by atoms with Gasteiger partial charge >= 0.3 is 17.9 Å². The number of aliphatic hydroxyl groups excluding tert-OH is 1. The van der Waals surface area contributed by atoms with Gasteiger partial charge < -0.3 is 34.3 Å². The minimum absolute atomic E-state index is 0.0185. The van der Waals surface area contributed by atoms with Crippen LogP contribution in [0.25, 0.3) is 0 Å². The van der Waals surface area contributed by atoms with E-state index in [9.17, 15) is 29.7 Å². The fraction of sp³-hybridized carbons (Fsp3) is 0.935. The second-order valence-corrected chi connectivity index (χ2v) is 22.1. The van der Waals surface area contributed by atoms with Crippen LogP contribution < -0.4 is 0 Å². The van der Waals surface area contributed by atoms with Gasteiger partial charge in [-0.3, -0.25) is 14.4 Å². The van der Waals surface area contributed by atoms with E-state index in [2.05, 4.69) is 13.8 Å². The van der Waals surface area contributed by atoms with Crippen molar-refractivity contribution in [3.63, 3.8) is 0 Å². The predicted octanol–water partition coefficient (Wildman–Crippen LogP) is 7.66. The summed E-state index contributed by atoms with van der Waals surface area (Å²) in [5.41, 5.74) is -3.34. The summed E-state index contributed by atoms with van der Waals surface area (Å²) in [5, 5.41) is 31.1. The molecule has 11 aliphatic rings. The minimum Gasteiger partial charge on any atom is -0.459 e. The smallest absolute Gasteiger partial charge is 0.312 e. The molecule has 1 aliphatic heterocycles. The third kappa shape index (κ3) is 7.73. The molecule has 3 N–H and O–H groups in total. The molecule has 0 aromatic rings. The molecule has 10 heteroatoms. The maximum Gasteiger partial charge on any atom is 0.312 e. The van der Waals surface area contributed by atoms with E-state index in [1.54, 1.807) is 0 Å². The SMILES string of the molecule is CCC(C)(C)C(=O)OC1(C)C2CC3CC(C2)CC1C3.CCC(C)(C)C(=O)OC12CC3CC(O)(CC(O)(C3)C1)C2.CCC(C)C(=O)OC1C2CC3C1O[C@H](O)C3C2. The van der Waals surface area contributed by atoms with Crippen LogP contribution in [0, 0.1) is 64.1 Å². The van der Waals surface area contributed by atoms with Crippen molar-refractivity contribution in [2.45, 2.75) is 206 Å². The first-order chi connectivity index (χ1) is 26.1. The summed E-state index contributed by atoms with van der Waals surface area (Å²) in [6.07, 6.45) is 13.9. The van der Waals surface area contributed by atoms with Crippen molar-refractivity contribution in [1.29, 1.82) is 0 Å². The van der Waals surface area contributed by atoms with Gasteiger partial charge in [-0.15, -0.1) is 0 Å². The van der Waals surface area contributed by atoms with Gasteiger partial charge in [0.2, 0.25) is 0 Å². The third-order valence-corrected chi connectivity index (χ3v) is 17.1. The normalized spacial score (nSPS) is 46.4. The van der Waals surface area contributed by atoms with Crippen LogP contribution in [0.1, 0.15) is 165 Å². The maximum atomic E-state index is 12.5. The molecule has 11 rings (SSSR count). The molecule has 0 aromatic heterocycles. The lowest BCUT2D eigenvalue weighted by atomic mass is 9.50. The highest BCUT2D eigenvalue weighted by Crippen LogP contribution is 2.62. The monoisotopic (exact) mass is 787 g/mol. The Labute approximate surface area is 335 Å². The molecule has 10 bridgehead atoms. The second kappa shape index (κ2) is 14.8. The van der Waals surface area contributed by atoms with E-state index in [-0.39, 0.29) is 58.9 Å². The number of hydrogen-bond donors (Lipinski definition) is 3. The standard InChI is InChI=1S/C17H28O2.C16H26O4.C13H20O4/c1-5-16(2,3)15(18)19-17(4)13-7-11-6-12(9-13)10-14(17)8-11;1-4-13(2,3)12(17)20-16-7-11-5-14(18,9-16)8-15(19,6-11)10-16;1-3-6(2)12(14)16-10-7-4-8-9(5-7)13(15)17-11(8)10/h11-14H,5-10H2,1-4H3;11,18-19H,4-10H2,1-3H3;6-11,13,15H,3-5H2,1-2H3/t;;6?,7?,8?,9?,10?,11?,13-/m..0/s1. The summed E-state index contributed by atoms with van der Waals surface area (Å²) in [5.74, 6) is 4.12. The number of carbonyl (C=O) groups is 3. The molecule has 8 unspecified atom stereocenters. The van der Waals surface area contributed by atoms with Crippen molar-refractivity contribution in [1.82, 2.24) is 0 Å². The molecule has 0 aromatic carbocycles. The molecule has 318 valence electrons. The summed E-state index contributed by atoms with van der Waals surface area (Å²) in [4.78, 5) is 36.7. The van der Waals surface area contributed by atoms with Gasteiger partial charge in [0.15, 0.2) is 6.29 Å². The molecule has 0 spiro atoms. The number of ether oxygens (including phenoxy) is 4. The zero-order chi connectivity index (χ0) is 40.8. The van der Waals surface area contributed by atoms with Crippen LogP contribution in [0.2, 0.25) is 0 Å². The van der Waals surface area contributed by atoms with Gasteiger partial charge in [-0.1, -0.05) is 27.7 Å². The van der Waals surface area contributed by atoms with E-state index in [1.807, 2.05) is 48.5 Å². The Morgan fingerprint density at radius 3 is 1.75 bits per heavy atom. The van der Waals surface area contributed by atoms with Crippen molar-refractivity contribution in [2.75, 3.05) is 0 Å². The molecule has 0 radical (unpaired) electrons. The number of fused-ring (bicyclic) bond motifs is 1. The van der Waals surface area contributed by atoms with Gasteiger partial charge in [0.05, 0.1) is 27.9 Å². The summed E-state index contributed by atoms with van der Waals surface area (Å²) < 4.78 is 23.2. The molecule has 10 aliphatic carbocycles. The first kappa shape index (κ1) is 42.4. The summed E-state index contributed by atoms with van der Waals surface area (Å²) >= 11 is 0. The largest absolute Gasteiger partial charge is 0.459 e. The average molecular weight is 787 g/mol. The summed E-state index contributed by atoms with van der Waals surface area (Å²) in [7, 11) is 0. The molecule has 10 saturated carbocycles. The van der Waals surface area contributed by atoms with E-state index in [1.165, 1.54) is 32.1 Å². The Bertz CT molecular complexity index is 1460. The van der Waals surface area contributed by atoms with Gasteiger partial charge in [-0.05, 0) is 160 Å². The van der Waals surface area contributed by atoms with E-state index in [0.717, 1.165) is 63.2 Å². The van der Waals surface area contributed by atoms with E-state index < -0.39 is 28.5 Å². The van der Waals surface area contributed by atoms with Crippen LogP contribution in [-0.4, -0.2) is 74.1 Å². The first-order valence-corrected chi connectivity index (χ1v) is 22.5. The second-order valence-electron chi connectivity index (χ2n) is 22.1. The molecule has 1 heterocycles. The Balaban J connectivity index is 0.000000129. The molecule has 0 amide bonds. The first-order valence-electron chi connectivity index (χ1n) is 22.5. The lowest BCUT2D eigenvalue weighted by molar-refractivity contribution is -0.264. The molecular formula is C46H74O10. The molecule has 10 nitrogen and oxygen atoms in total. The molecule has 56 heavy (non-hydrogen) atoms. The van der Waals surface area contributed by atoms with E-state index >= 15 is 0 Å². The molecule has 1 saturated heterocycles. The lowest BCUT2D eigenvalue weighted by Gasteiger charge is -2.62. The number of carbonyl (C=O) groups excluding carboxylic acids is 3. The Morgan fingerprint density at radius 1 is 0.732 bits per heavy atom. The lowest BCUT2D eigenvalue weighted by Crippen LogP contribution is -2.67. The van der Waals surface area contributed by atoms with Gasteiger partial charge in [0, 0.05) is 25.2 Å². The van der Waals surface area contributed by atoms with Gasteiger partial charge in [-0.25, -0.2) is 0 Å². The van der Waals surface area contributed by atoms with Crippen LogP contribution in [0.4, 0.5) is 0 Å². The molecule has 9 atom stereocenters. The Morgan fingerprint density at radius 2 is 1.25 bits per heavy atom. The summed E-state index contributed by atoms with van der Waals surface area (Å²) in [6.45, 7) is 17.9. The fourth-order valence-corrected chi connectivity index (χ4v) is 13.3. The zero-order valence-electron chi connectivity index (χ0n) is 35.9. The number of esters is 3. The average Bonchev–Trinajstić information content (AvgIpc) is 3.74. The molecular weight excluding hydrogens is 712 g/mol. The van der Waals surface area contributed by atoms with Crippen molar-refractivity contribution in [3.8, 4) is 0 Å². The van der Waals surface area contributed by atoms with Crippen LogP contribution in [-0.2, 0) is 33.3 Å². The van der Waals surface area contributed by atoms with Crippen molar-refractivity contribution in [3.05, 3.63) is 0 Å². The highest BCUT2D eigenvalue weighted by atomic mass is 16.6. The molecule has 11 fully saturated rings. The highest BCUT2D eigenvalue weighted by Gasteiger charge is 2.65.